The van der Waals surface area contributed by atoms with E-state index in [1.807, 2.05) is 4.90 Å². The molecule has 128 valence electrons. The second-order valence-electron chi connectivity index (χ2n) is 6.38. The van der Waals surface area contributed by atoms with Gasteiger partial charge >= 0.3 is 0 Å². The quantitative estimate of drug-likeness (QED) is 0.831. The summed E-state index contributed by atoms with van der Waals surface area (Å²) < 4.78 is 11.2. The van der Waals surface area contributed by atoms with E-state index in [1.165, 1.54) is 11.3 Å². The highest BCUT2D eigenvalue weighted by atomic mass is 32.1. The predicted octanol–water partition coefficient (Wildman–Crippen LogP) is 1.44. The number of ether oxygens (including phenoxy) is 2. The van der Waals surface area contributed by atoms with Crippen LogP contribution < -0.4 is 0 Å². The fourth-order valence-electron chi connectivity index (χ4n) is 3.06. The molecule has 1 aromatic rings. The van der Waals surface area contributed by atoms with E-state index in [2.05, 4.69) is 23.7 Å². The molecule has 7 heteroatoms. The molecule has 0 spiro atoms. The number of hydrogen-bond donors (Lipinski definition) is 0. The first-order valence-electron chi connectivity index (χ1n) is 8.29. The number of carbonyl (C=O) groups is 1. The number of aromatic nitrogens is 1. The predicted molar refractivity (Wildman–Crippen MR) is 89.1 cm³/mol. The molecule has 0 N–H and O–H groups in total. The molecule has 1 amide bonds. The van der Waals surface area contributed by atoms with Gasteiger partial charge in [-0.15, -0.1) is 11.3 Å². The lowest BCUT2D eigenvalue weighted by Crippen LogP contribution is -2.51. The van der Waals surface area contributed by atoms with Crippen LogP contribution in [0.25, 0.3) is 0 Å². The molecule has 1 aromatic heterocycles. The molecule has 0 saturated carbocycles. The summed E-state index contributed by atoms with van der Waals surface area (Å²) in [5.74, 6) is 0.372. The minimum absolute atomic E-state index is 0.0845. The zero-order valence-corrected chi connectivity index (χ0v) is 14.7. The minimum atomic E-state index is 0.0845. The van der Waals surface area contributed by atoms with Gasteiger partial charge in [0.05, 0.1) is 37.1 Å². The third-order valence-electron chi connectivity index (χ3n) is 4.33. The van der Waals surface area contributed by atoms with Gasteiger partial charge in [-0.1, -0.05) is 13.8 Å². The van der Waals surface area contributed by atoms with Crippen molar-refractivity contribution in [3.05, 3.63) is 16.1 Å². The molecule has 2 fully saturated rings. The van der Waals surface area contributed by atoms with Crippen molar-refractivity contribution in [2.24, 2.45) is 0 Å². The molecule has 2 saturated heterocycles. The zero-order chi connectivity index (χ0) is 16.2. The summed E-state index contributed by atoms with van der Waals surface area (Å²) in [5.41, 5.74) is 2.69. The Morgan fingerprint density at radius 3 is 2.87 bits per heavy atom. The number of hydrogen-bond acceptors (Lipinski definition) is 6. The van der Waals surface area contributed by atoms with Gasteiger partial charge in [0.1, 0.15) is 4.88 Å². The molecular weight excluding hydrogens is 314 g/mol. The fraction of sp³-hybridized carbons (Fsp3) is 0.750. The third kappa shape index (κ3) is 4.09. The van der Waals surface area contributed by atoms with Crippen LogP contribution in [0.4, 0.5) is 0 Å². The summed E-state index contributed by atoms with van der Waals surface area (Å²) >= 11 is 1.45. The summed E-state index contributed by atoms with van der Waals surface area (Å²) in [6, 6.07) is 0. The molecule has 23 heavy (non-hydrogen) atoms. The number of thiazole rings is 1. The number of rotatable bonds is 4. The van der Waals surface area contributed by atoms with E-state index in [0.717, 1.165) is 43.4 Å². The van der Waals surface area contributed by atoms with Crippen LogP contribution in [0.2, 0.25) is 0 Å². The Bertz CT molecular complexity index is 528. The molecule has 0 bridgehead atoms. The van der Waals surface area contributed by atoms with Crippen molar-refractivity contribution >= 4 is 17.2 Å². The Kier molecular flexibility index (Phi) is 5.63. The SMILES string of the molecule is CC(C)c1ncsc1C(=O)N1CCOC(CN2CCOCC2)C1. The number of morpholine rings is 2. The standard InChI is InChI=1S/C16H25N3O3S/c1-12(2)14-15(23-11-17-14)16(20)19-5-8-22-13(10-19)9-18-3-6-21-7-4-18/h11-13H,3-10H2,1-2H3. The smallest absolute Gasteiger partial charge is 0.266 e. The largest absolute Gasteiger partial charge is 0.379 e. The van der Waals surface area contributed by atoms with Gasteiger partial charge in [0.15, 0.2) is 0 Å². The molecule has 2 aliphatic heterocycles. The molecule has 0 aromatic carbocycles. The summed E-state index contributed by atoms with van der Waals surface area (Å²) in [6.07, 6.45) is 0.0845. The Hall–Kier alpha value is -1.02. The van der Waals surface area contributed by atoms with Crippen molar-refractivity contribution in [3.63, 3.8) is 0 Å². The monoisotopic (exact) mass is 339 g/mol. The molecular formula is C16H25N3O3S. The van der Waals surface area contributed by atoms with Gasteiger partial charge in [-0.3, -0.25) is 9.69 Å². The Balaban J connectivity index is 1.61. The van der Waals surface area contributed by atoms with Crippen molar-refractivity contribution < 1.29 is 14.3 Å². The Morgan fingerprint density at radius 2 is 2.13 bits per heavy atom. The molecule has 1 atom stereocenters. The van der Waals surface area contributed by atoms with Crippen LogP contribution in [-0.2, 0) is 9.47 Å². The highest BCUT2D eigenvalue weighted by Gasteiger charge is 2.29. The topological polar surface area (TPSA) is 54.9 Å². The second-order valence-corrected chi connectivity index (χ2v) is 7.23. The van der Waals surface area contributed by atoms with Crippen LogP contribution in [0, 0.1) is 0 Å². The highest BCUT2D eigenvalue weighted by Crippen LogP contribution is 2.24. The van der Waals surface area contributed by atoms with E-state index in [0.29, 0.717) is 19.7 Å². The lowest BCUT2D eigenvalue weighted by atomic mass is 10.1. The van der Waals surface area contributed by atoms with Crippen LogP contribution in [0.15, 0.2) is 5.51 Å². The van der Waals surface area contributed by atoms with Crippen LogP contribution in [0.5, 0.6) is 0 Å². The van der Waals surface area contributed by atoms with Gasteiger partial charge in [0, 0.05) is 32.7 Å². The van der Waals surface area contributed by atoms with E-state index >= 15 is 0 Å². The fourth-order valence-corrected chi connectivity index (χ4v) is 3.97. The first-order chi connectivity index (χ1) is 11.1. The molecule has 2 aliphatic rings. The normalized spacial score (nSPS) is 23.4. The summed E-state index contributed by atoms with van der Waals surface area (Å²) in [6.45, 7) is 10.4. The van der Waals surface area contributed by atoms with Crippen molar-refractivity contribution in [2.75, 3.05) is 52.5 Å². The van der Waals surface area contributed by atoms with E-state index in [-0.39, 0.29) is 17.9 Å². The van der Waals surface area contributed by atoms with E-state index in [4.69, 9.17) is 9.47 Å². The molecule has 3 heterocycles. The second kappa shape index (κ2) is 7.70. The molecule has 6 nitrogen and oxygen atoms in total. The van der Waals surface area contributed by atoms with Gasteiger partial charge in [-0.25, -0.2) is 4.98 Å². The first kappa shape index (κ1) is 16.8. The number of amides is 1. The van der Waals surface area contributed by atoms with Crippen molar-refractivity contribution in [1.82, 2.24) is 14.8 Å². The van der Waals surface area contributed by atoms with Gasteiger partial charge in [0.25, 0.3) is 5.91 Å². The summed E-state index contributed by atoms with van der Waals surface area (Å²) in [7, 11) is 0. The molecule has 0 radical (unpaired) electrons. The molecule has 3 rings (SSSR count). The minimum Gasteiger partial charge on any atom is -0.379 e. The zero-order valence-electron chi connectivity index (χ0n) is 13.9. The van der Waals surface area contributed by atoms with Crippen LogP contribution in [0.3, 0.4) is 0 Å². The van der Waals surface area contributed by atoms with Crippen LogP contribution in [0.1, 0.15) is 35.1 Å². The van der Waals surface area contributed by atoms with Gasteiger partial charge in [-0.2, -0.15) is 0 Å². The first-order valence-corrected chi connectivity index (χ1v) is 9.17. The Morgan fingerprint density at radius 1 is 1.35 bits per heavy atom. The highest BCUT2D eigenvalue weighted by molar-refractivity contribution is 7.11. The molecule has 0 aliphatic carbocycles. The van der Waals surface area contributed by atoms with Crippen molar-refractivity contribution in [2.45, 2.75) is 25.9 Å². The maximum absolute atomic E-state index is 12.8. The van der Waals surface area contributed by atoms with E-state index in [1.54, 1.807) is 5.51 Å². The van der Waals surface area contributed by atoms with Crippen LogP contribution in [-0.4, -0.2) is 79.3 Å². The Labute approximate surface area is 141 Å². The third-order valence-corrected chi connectivity index (χ3v) is 5.16. The maximum Gasteiger partial charge on any atom is 0.266 e. The van der Waals surface area contributed by atoms with E-state index in [9.17, 15) is 4.79 Å². The van der Waals surface area contributed by atoms with E-state index < -0.39 is 0 Å². The summed E-state index contributed by atoms with van der Waals surface area (Å²) in [5, 5.41) is 0. The number of carbonyl (C=O) groups excluding carboxylic acids is 1. The average Bonchev–Trinajstić information content (AvgIpc) is 3.05. The van der Waals surface area contributed by atoms with Gasteiger partial charge in [-0.05, 0) is 5.92 Å². The van der Waals surface area contributed by atoms with Gasteiger partial charge in [0.2, 0.25) is 0 Å². The van der Waals surface area contributed by atoms with Gasteiger partial charge < -0.3 is 14.4 Å². The van der Waals surface area contributed by atoms with Crippen LogP contribution >= 0.6 is 11.3 Å². The van der Waals surface area contributed by atoms with Crippen molar-refractivity contribution in [1.29, 1.82) is 0 Å². The lowest BCUT2D eigenvalue weighted by molar-refractivity contribution is -0.0502. The van der Waals surface area contributed by atoms with Crippen molar-refractivity contribution in [3.8, 4) is 0 Å². The molecule has 1 unspecified atom stereocenters. The average molecular weight is 339 g/mol. The number of nitrogens with zero attached hydrogens (tertiary/aromatic N) is 3. The lowest BCUT2D eigenvalue weighted by Gasteiger charge is -2.36. The summed E-state index contributed by atoms with van der Waals surface area (Å²) in [4.78, 5) is 22.3. The maximum atomic E-state index is 12.8.